The van der Waals surface area contributed by atoms with Gasteiger partial charge in [-0.1, -0.05) is 18.2 Å². The van der Waals surface area contributed by atoms with Crippen molar-refractivity contribution in [3.63, 3.8) is 0 Å². The van der Waals surface area contributed by atoms with Crippen molar-refractivity contribution < 1.29 is 24.3 Å². The molecule has 3 aliphatic rings. The van der Waals surface area contributed by atoms with E-state index in [9.17, 15) is 19.5 Å². The van der Waals surface area contributed by atoms with E-state index in [1.807, 2.05) is 6.07 Å². The van der Waals surface area contributed by atoms with Crippen LogP contribution < -0.4 is 4.84 Å². The Morgan fingerprint density at radius 2 is 2.00 bits per heavy atom. The highest BCUT2D eigenvalue weighted by molar-refractivity contribution is 8.01. The van der Waals surface area contributed by atoms with Crippen LogP contribution in [0.3, 0.4) is 0 Å². The Labute approximate surface area is 171 Å². The van der Waals surface area contributed by atoms with Gasteiger partial charge in [0.05, 0.1) is 0 Å². The molecule has 7 nitrogen and oxygen atoms in total. The molecular weight excluding hydrogens is 400 g/mol. The number of carbonyl (C=O) groups is 3. The molecular formula is C19H20N2O5S2. The van der Waals surface area contributed by atoms with Crippen molar-refractivity contribution in [2.45, 2.75) is 36.4 Å². The van der Waals surface area contributed by atoms with E-state index in [1.165, 1.54) is 23.6 Å². The lowest BCUT2D eigenvalue weighted by atomic mass is 10.00. The van der Waals surface area contributed by atoms with Gasteiger partial charge < -0.3 is 9.94 Å². The number of rotatable bonds is 5. The second-order valence-corrected chi connectivity index (χ2v) is 9.20. The van der Waals surface area contributed by atoms with Crippen LogP contribution in [0.15, 0.2) is 41.6 Å². The number of aliphatic carboxylic acids is 1. The first-order valence-electron chi connectivity index (χ1n) is 9.04. The molecule has 2 amide bonds. The summed E-state index contributed by atoms with van der Waals surface area (Å²) >= 11 is 3.24. The van der Waals surface area contributed by atoms with Gasteiger partial charge in [-0.05, 0) is 36.3 Å². The van der Waals surface area contributed by atoms with Crippen molar-refractivity contribution in [3.05, 3.63) is 41.6 Å². The molecule has 0 saturated carbocycles. The molecule has 0 radical (unpaired) electrons. The smallest absolute Gasteiger partial charge is 0.352 e. The summed E-state index contributed by atoms with van der Waals surface area (Å²) in [5, 5.41) is 10.6. The van der Waals surface area contributed by atoms with E-state index in [1.54, 1.807) is 36.0 Å². The molecule has 4 rings (SSSR count). The van der Waals surface area contributed by atoms with Gasteiger partial charge in [0.2, 0.25) is 0 Å². The minimum Gasteiger partial charge on any atom is -0.477 e. The van der Waals surface area contributed by atoms with Crippen LogP contribution >= 0.6 is 23.5 Å². The van der Waals surface area contributed by atoms with Crippen molar-refractivity contribution in [3.8, 4) is 5.75 Å². The molecule has 9 heteroatoms. The van der Waals surface area contributed by atoms with Crippen LogP contribution in [0.1, 0.15) is 19.8 Å². The lowest BCUT2D eigenvalue weighted by Gasteiger charge is -2.52. The van der Waals surface area contributed by atoms with Crippen LogP contribution in [0.2, 0.25) is 0 Å². The Morgan fingerprint density at radius 3 is 2.61 bits per heavy atom. The third kappa shape index (κ3) is 3.26. The summed E-state index contributed by atoms with van der Waals surface area (Å²) in [6.45, 7) is 1.33. The third-order valence-electron chi connectivity index (χ3n) is 5.00. The molecule has 1 aromatic rings. The van der Waals surface area contributed by atoms with Gasteiger partial charge in [0.1, 0.15) is 11.1 Å². The predicted molar refractivity (Wildman–Crippen MR) is 107 cm³/mol. The number of para-hydroxylation sites is 1. The van der Waals surface area contributed by atoms with Gasteiger partial charge in [0, 0.05) is 17.9 Å². The molecule has 28 heavy (non-hydrogen) atoms. The zero-order valence-electron chi connectivity index (χ0n) is 15.2. The average Bonchev–Trinajstić information content (AvgIpc) is 3.21. The molecule has 2 fully saturated rings. The zero-order valence-corrected chi connectivity index (χ0v) is 16.9. The second kappa shape index (κ2) is 7.71. The summed E-state index contributed by atoms with van der Waals surface area (Å²) in [6.07, 6.45) is 1.99. The summed E-state index contributed by atoms with van der Waals surface area (Å²) in [6, 6.07) is 7.93. The SMILES string of the molecule is CC(=O)N(Oc1ccccc1)[C@@H]1C(=O)N2C(C(=O)O)=C(C3CCCS3)CS[C@H]12. The maximum Gasteiger partial charge on any atom is 0.352 e. The van der Waals surface area contributed by atoms with Gasteiger partial charge in [0.25, 0.3) is 11.8 Å². The number of benzene rings is 1. The molecule has 3 aliphatic heterocycles. The number of nitrogens with zero attached hydrogens (tertiary/aromatic N) is 2. The molecule has 1 unspecified atom stereocenters. The first-order valence-corrected chi connectivity index (χ1v) is 11.1. The Morgan fingerprint density at radius 1 is 1.25 bits per heavy atom. The summed E-state index contributed by atoms with van der Waals surface area (Å²) in [5.74, 6) is 0.0947. The fourth-order valence-electron chi connectivity index (χ4n) is 3.72. The normalized spacial score (nSPS) is 26.5. The number of carboxylic acid groups (broad SMARTS) is 1. The van der Waals surface area contributed by atoms with Crippen molar-refractivity contribution in [2.24, 2.45) is 0 Å². The number of fused-ring (bicyclic) bond motifs is 1. The zero-order chi connectivity index (χ0) is 19.8. The number of amides is 2. The standard InChI is InChI=1S/C19H20N2O5S2/c1-11(22)21(26-12-6-3-2-4-7-12)16-17(23)20-15(19(24)25)13(10-28-18(16)20)14-8-5-9-27-14/h2-4,6-7,14,16,18H,5,8-10H2,1H3,(H,24,25)/t14?,16-,18-/m1/s1. The van der Waals surface area contributed by atoms with E-state index < -0.39 is 29.2 Å². The molecule has 3 heterocycles. The molecule has 1 N–H and O–H groups in total. The van der Waals surface area contributed by atoms with Crippen LogP contribution in [0.5, 0.6) is 5.75 Å². The van der Waals surface area contributed by atoms with E-state index >= 15 is 0 Å². The van der Waals surface area contributed by atoms with Gasteiger partial charge in [-0.25, -0.2) is 4.79 Å². The quantitative estimate of drug-likeness (QED) is 0.578. The molecule has 1 aromatic carbocycles. The van der Waals surface area contributed by atoms with Gasteiger partial charge in [-0.3, -0.25) is 14.5 Å². The number of β-lactam (4-membered cyclic amide) rings is 1. The first-order chi connectivity index (χ1) is 13.5. The minimum absolute atomic E-state index is 0.0904. The molecule has 0 spiro atoms. The number of thioether (sulfide) groups is 2. The summed E-state index contributed by atoms with van der Waals surface area (Å²) in [7, 11) is 0. The fraction of sp³-hybridized carbons (Fsp3) is 0.421. The van der Waals surface area contributed by atoms with Gasteiger partial charge in [-0.2, -0.15) is 16.8 Å². The Hall–Kier alpha value is -2.13. The largest absolute Gasteiger partial charge is 0.477 e. The van der Waals surface area contributed by atoms with E-state index in [0.29, 0.717) is 11.5 Å². The van der Waals surface area contributed by atoms with Crippen LogP contribution in [0, 0.1) is 0 Å². The molecule has 0 bridgehead atoms. The van der Waals surface area contributed by atoms with E-state index in [4.69, 9.17) is 4.84 Å². The average molecular weight is 421 g/mol. The first kappa shape index (κ1) is 19.2. The van der Waals surface area contributed by atoms with Crippen LogP contribution in [0.4, 0.5) is 0 Å². The molecule has 3 atom stereocenters. The van der Waals surface area contributed by atoms with Crippen LogP contribution in [0.25, 0.3) is 0 Å². The number of carboxylic acids is 1. The molecule has 0 aromatic heterocycles. The number of hydrogen-bond acceptors (Lipinski definition) is 6. The van der Waals surface area contributed by atoms with Gasteiger partial charge in [0.15, 0.2) is 11.8 Å². The number of hydrogen-bond donors (Lipinski definition) is 1. The lowest BCUT2D eigenvalue weighted by Crippen LogP contribution is -2.71. The van der Waals surface area contributed by atoms with Gasteiger partial charge in [-0.15, -0.1) is 11.8 Å². The van der Waals surface area contributed by atoms with Crippen molar-refractivity contribution >= 4 is 41.3 Å². The molecule has 0 aliphatic carbocycles. The summed E-state index contributed by atoms with van der Waals surface area (Å²) in [4.78, 5) is 44.1. The highest BCUT2D eigenvalue weighted by Gasteiger charge is 2.58. The third-order valence-corrected chi connectivity index (χ3v) is 7.74. The van der Waals surface area contributed by atoms with E-state index in [-0.39, 0.29) is 10.9 Å². The van der Waals surface area contributed by atoms with Crippen LogP contribution in [-0.4, -0.2) is 61.0 Å². The maximum atomic E-state index is 12.9. The van der Waals surface area contributed by atoms with Crippen molar-refractivity contribution in [1.29, 1.82) is 0 Å². The van der Waals surface area contributed by atoms with Crippen molar-refractivity contribution in [1.82, 2.24) is 9.96 Å². The van der Waals surface area contributed by atoms with E-state index in [2.05, 4.69) is 0 Å². The monoisotopic (exact) mass is 420 g/mol. The topological polar surface area (TPSA) is 87.2 Å². The van der Waals surface area contributed by atoms with Crippen molar-refractivity contribution in [2.75, 3.05) is 11.5 Å². The molecule has 2 saturated heterocycles. The highest BCUT2D eigenvalue weighted by atomic mass is 32.2. The van der Waals surface area contributed by atoms with E-state index in [0.717, 1.165) is 29.2 Å². The number of hydroxylamine groups is 2. The summed E-state index contributed by atoms with van der Waals surface area (Å²) < 4.78 is 0. The maximum absolute atomic E-state index is 12.9. The Bertz CT molecular complexity index is 838. The second-order valence-electron chi connectivity index (χ2n) is 6.78. The van der Waals surface area contributed by atoms with Crippen LogP contribution in [-0.2, 0) is 14.4 Å². The van der Waals surface area contributed by atoms with Gasteiger partial charge >= 0.3 is 5.97 Å². The lowest BCUT2D eigenvalue weighted by molar-refractivity contribution is -0.187. The predicted octanol–water partition coefficient (Wildman–Crippen LogP) is 2.35. The fourth-order valence-corrected chi connectivity index (χ4v) is 6.63. The Balaban J connectivity index is 1.61. The summed E-state index contributed by atoms with van der Waals surface area (Å²) in [5.41, 5.74) is 0.911. The highest BCUT2D eigenvalue weighted by Crippen LogP contribution is 2.46. The minimum atomic E-state index is -1.09. The molecule has 148 valence electrons. The number of carbonyl (C=O) groups excluding carboxylic acids is 2. The Kier molecular flexibility index (Phi) is 5.29.